The first-order valence-electron chi connectivity index (χ1n) is 5.55. The summed E-state index contributed by atoms with van der Waals surface area (Å²) in [5, 5.41) is 2.96. The predicted octanol–water partition coefficient (Wildman–Crippen LogP) is 1.32. The van der Waals surface area contributed by atoms with E-state index < -0.39 is 0 Å². The van der Waals surface area contributed by atoms with E-state index >= 15 is 0 Å². The van der Waals surface area contributed by atoms with E-state index in [1.165, 1.54) is 0 Å². The fourth-order valence-corrected chi connectivity index (χ4v) is 1.12. The SMILES string of the molecule is CCOCCC(=O)NC(C)(CN)C(C)C.Cl. The van der Waals surface area contributed by atoms with E-state index in [1.807, 2.05) is 13.8 Å². The summed E-state index contributed by atoms with van der Waals surface area (Å²) in [6.45, 7) is 9.55. The largest absolute Gasteiger partial charge is 0.381 e. The standard InChI is InChI=1S/C11H24N2O2.ClH/c1-5-15-7-6-10(14)13-11(4,8-12)9(2)3;/h9H,5-8,12H2,1-4H3,(H,13,14);1H. The molecule has 3 N–H and O–H groups in total. The van der Waals surface area contributed by atoms with Gasteiger partial charge in [0.2, 0.25) is 5.91 Å². The van der Waals surface area contributed by atoms with Crippen LogP contribution in [0.2, 0.25) is 0 Å². The van der Waals surface area contributed by atoms with Gasteiger partial charge in [-0.2, -0.15) is 0 Å². The van der Waals surface area contributed by atoms with Crippen molar-refractivity contribution in [1.29, 1.82) is 0 Å². The molecule has 0 saturated carbocycles. The molecule has 0 radical (unpaired) electrons. The smallest absolute Gasteiger partial charge is 0.222 e. The Hall–Kier alpha value is -0.320. The van der Waals surface area contributed by atoms with Crippen molar-refractivity contribution in [3.05, 3.63) is 0 Å². The molecule has 16 heavy (non-hydrogen) atoms. The molecule has 0 heterocycles. The van der Waals surface area contributed by atoms with Crippen LogP contribution in [0.15, 0.2) is 0 Å². The number of nitrogens with two attached hydrogens (primary N) is 1. The summed E-state index contributed by atoms with van der Waals surface area (Å²) in [7, 11) is 0. The van der Waals surface area contributed by atoms with E-state index in [4.69, 9.17) is 10.5 Å². The van der Waals surface area contributed by atoms with E-state index in [0.717, 1.165) is 0 Å². The minimum Gasteiger partial charge on any atom is -0.381 e. The first-order valence-corrected chi connectivity index (χ1v) is 5.55. The van der Waals surface area contributed by atoms with Crippen molar-refractivity contribution in [2.24, 2.45) is 11.7 Å². The molecule has 0 aliphatic heterocycles. The lowest BCUT2D eigenvalue weighted by Crippen LogP contribution is -2.55. The number of hydrogen-bond donors (Lipinski definition) is 2. The van der Waals surface area contributed by atoms with Crippen LogP contribution in [0.3, 0.4) is 0 Å². The van der Waals surface area contributed by atoms with Crippen LogP contribution in [0, 0.1) is 5.92 Å². The molecule has 0 bridgehead atoms. The molecule has 0 rings (SSSR count). The Morgan fingerprint density at radius 3 is 2.44 bits per heavy atom. The van der Waals surface area contributed by atoms with Crippen LogP contribution in [0.5, 0.6) is 0 Å². The Balaban J connectivity index is 0. The molecule has 0 aliphatic carbocycles. The van der Waals surface area contributed by atoms with Crippen molar-refractivity contribution in [3.63, 3.8) is 0 Å². The lowest BCUT2D eigenvalue weighted by atomic mass is 9.88. The highest BCUT2D eigenvalue weighted by Crippen LogP contribution is 2.14. The second kappa shape index (κ2) is 8.79. The summed E-state index contributed by atoms with van der Waals surface area (Å²) in [6.07, 6.45) is 0.399. The van der Waals surface area contributed by atoms with Gasteiger partial charge in [0.25, 0.3) is 0 Å². The number of amides is 1. The maximum absolute atomic E-state index is 11.6. The lowest BCUT2D eigenvalue weighted by Gasteiger charge is -2.33. The number of rotatable bonds is 7. The van der Waals surface area contributed by atoms with Crippen LogP contribution in [-0.2, 0) is 9.53 Å². The van der Waals surface area contributed by atoms with Gasteiger partial charge >= 0.3 is 0 Å². The van der Waals surface area contributed by atoms with Gasteiger partial charge in [-0.3, -0.25) is 4.79 Å². The van der Waals surface area contributed by atoms with Crippen LogP contribution >= 0.6 is 12.4 Å². The van der Waals surface area contributed by atoms with Crippen LogP contribution in [0.1, 0.15) is 34.1 Å². The van der Waals surface area contributed by atoms with E-state index in [1.54, 1.807) is 0 Å². The van der Waals surface area contributed by atoms with Crippen LogP contribution in [0.25, 0.3) is 0 Å². The average Bonchev–Trinajstić information content (AvgIpc) is 2.17. The summed E-state index contributed by atoms with van der Waals surface area (Å²) in [5.74, 6) is 0.323. The zero-order chi connectivity index (χ0) is 11.9. The van der Waals surface area contributed by atoms with Crippen molar-refractivity contribution < 1.29 is 9.53 Å². The van der Waals surface area contributed by atoms with Gasteiger partial charge in [0.05, 0.1) is 12.1 Å². The first kappa shape index (κ1) is 18.1. The molecule has 4 nitrogen and oxygen atoms in total. The molecule has 5 heteroatoms. The van der Waals surface area contributed by atoms with E-state index in [-0.39, 0.29) is 23.9 Å². The normalized spacial score (nSPS) is 14.1. The molecule has 0 saturated heterocycles. The van der Waals surface area contributed by atoms with Gasteiger partial charge < -0.3 is 15.8 Å². The van der Waals surface area contributed by atoms with Gasteiger partial charge in [-0.05, 0) is 19.8 Å². The quantitative estimate of drug-likeness (QED) is 0.672. The minimum atomic E-state index is -0.316. The van der Waals surface area contributed by atoms with Crippen LogP contribution < -0.4 is 11.1 Å². The molecule has 0 spiro atoms. The van der Waals surface area contributed by atoms with Crippen LogP contribution in [-0.4, -0.2) is 31.2 Å². The molecule has 0 aromatic heterocycles. The van der Waals surface area contributed by atoms with Gasteiger partial charge in [0.15, 0.2) is 0 Å². The summed E-state index contributed by atoms with van der Waals surface area (Å²) in [5.41, 5.74) is 5.35. The number of carbonyl (C=O) groups excluding carboxylic acids is 1. The second-order valence-electron chi connectivity index (χ2n) is 4.27. The van der Waals surface area contributed by atoms with Gasteiger partial charge in [-0.15, -0.1) is 12.4 Å². The Bertz CT molecular complexity index is 200. The molecule has 1 unspecified atom stereocenters. The molecule has 0 fully saturated rings. The molecule has 0 aliphatic rings. The van der Waals surface area contributed by atoms with Crippen molar-refractivity contribution in [3.8, 4) is 0 Å². The number of ether oxygens (including phenoxy) is 1. The zero-order valence-corrected chi connectivity index (χ0v) is 11.5. The third-order valence-corrected chi connectivity index (χ3v) is 2.80. The van der Waals surface area contributed by atoms with E-state index in [0.29, 0.717) is 32.1 Å². The number of carbonyl (C=O) groups is 1. The molecule has 0 aromatic rings. The topological polar surface area (TPSA) is 64.3 Å². The average molecular weight is 253 g/mol. The third-order valence-electron chi connectivity index (χ3n) is 2.80. The molecule has 98 valence electrons. The Labute approximate surface area is 105 Å². The fraction of sp³-hybridized carbons (Fsp3) is 0.909. The molecular formula is C11H25ClN2O2. The Morgan fingerprint density at radius 2 is 2.06 bits per heavy atom. The van der Waals surface area contributed by atoms with Crippen molar-refractivity contribution in [2.75, 3.05) is 19.8 Å². The van der Waals surface area contributed by atoms with Crippen molar-refractivity contribution in [1.82, 2.24) is 5.32 Å². The highest BCUT2D eigenvalue weighted by atomic mass is 35.5. The summed E-state index contributed by atoms with van der Waals surface area (Å²) in [6, 6.07) is 0. The van der Waals surface area contributed by atoms with Crippen LogP contribution in [0.4, 0.5) is 0 Å². The summed E-state index contributed by atoms with van der Waals surface area (Å²) < 4.78 is 5.12. The molecular weight excluding hydrogens is 228 g/mol. The van der Waals surface area contributed by atoms with E-state index in [9.17, 15) is 4.79 Å². The van der Waals surface area contributed by atoms with Gasteiger partial charge in [0, 0.05) is 19.6 Å². The summed E-state index contributed by atoms with van der Waals surface area (Å²) in [4.78, 5) is 11.6. The second-order valence-corrected chi connectivity index (χ2v) is 4.27. The monoisotopic (exact) mass is 252 g/mol. The highest BCUT2D eigenvalue weighted by Gasteiger charge is 2.28. The molecule has 1 amide bonds. The number of hydrogen-bond acceptors (Lipinski definition) is 3. The van der Waals surface area contributed by atoms with Gasteiger partial charge in [0.1, 0.15) is 0 Å². The first-order chi connectivity index (χ1) is 6.96. The molecule has 0 aromatic carbocycles. The lowest BCUT2D eigenvalue weighted by molar-refractivity contribution is -0.124. The van der Waals surface area contributed by atoms with Crippen molar-refractivity contribution >= 4 is 18.3 Å². The fourth-order valence-electron chi connectivity index (χ4n) is 1.12. The molecule has 1 atom stereocenters. The predicted molar refractivity (Wildman–Crippen MR) is 68.8 cm³/mol. The Kier molecular flexibility index (Phi) is 9.92. The van der Waals surface area contributed by atoms with Gasteiger partial charge in [-0.25, -0.2) is 0 Å². The zero-order valence-electron chi connectivity index (χ0n) is 10.7. The van der Waals surface area contributed by atoms with Gasteiger partial charge in [-0.1, -0.05) is 13.8 Å². The number of halogens is 1. The van der Waals surface area contributed by atoms with Crippen molar-refractivity contribution in [2.45, 2.75) is 39.7 Å². The highest BCUT2D eigenvalue weighted by molar-refractivity contribution is 5.85. The van der Waals surface area contributed by atoms with E-state index in [2.05, 4.69) is 19.2 Å². The Morgan fingerprint density at radius 1 is 1.50 bits per heavy atom. The summed E-state index contributed by atoms with van der Waals surface area (Å²) >= 11 is 0. The minimum absolute atomic E-state index is 0. The maximum atomic E-state index is 11.6. The third kappa shape index (κ3) is 6.30. The number of nitrogens with one attached hydrogen (secondary N) is 1. The maximum Gasteiger partial charge on any atom is 0.222 e.